The summed E-state index contributed by atoms with van der Waals surface area (Å²) in [6.45, 7) is 3.33. The van der Waals surface area contributed by atoms with Crippen molar-refractivity contribution in [2.75, 3.05) is 0 Å². The third-order valence-corrected chi connectivity index (χ3v) is 2.89. The van der Waals surface area contributed by atoms with E-state index in [1.807, 2.05) is 0 Å². The van der Waals surface area contributed by atoms with E-state index in [1.54, 1.807) is 13.8 Å². The van der Waals surface area contributed by atoms with Crippen LogP contribution >= 0.6 is 15.9 Å². The zero-order chi connectivity index (χ0) is 13.9. The van der Waals surface area contributed by atoms with Crippen molar-refractivity contribution >= 4 is 27.8 Å². The molecule has 0 fully saturated rings. The third kappa shape index (κ3) is 3.53. The van der Waals surface area contributed by atoms with Gasteiger partial charge in [-0.2, -0.15) is 0 Å². The Balaban J connectivity index is 2.94. The molecule has 0 aliphatic rings. The van der Waals surface area contributed by atoms with Crippen LogP contribution in [0, 0.1) is 11.7 Å². The monoisotopic (exact) mass is 317 g/mol. The Morgan fingerprint density at radius 3 is 2.50 bits per heavy atom. The van der Waals surface area contributed by atoms with Crippen molar-refractivity contribution in [3.63, 3.8) is 0 Å². The van der Waals surface area contributed by atoms with Gasteiger partial charge in [0.05, 0.1) is 5.56 Å². The minimum atomic E-state index is -1.14. The van der Waals surface area contributed by atoms with Gasteiger partial charge in [-0.3, -0.25) is 4.79 Å². The number of aliphatic carboxylic acids is 1. The second-order valence-corrected chi connectivity index (χ2v) is 5.07. The van der Waals surface area contributed by atoms with Gasteiger partial charge in [-0.25, -0.2) is 9.18 Å². The van der Waals surface area contributed by atoms with Crippen LogP contribution in [0.5, 0.6) is 0 Å². The smallest absolute Gasteiger partial charge is 0.326 e. The van der Waals surface area contributed by atoms with E-state index in [9.17, 15) is 14.0 Å². The third-order valence-electron chi connectivity index (χ3n) is 2.39. The van der Waals surface area contributed by atoms with Crippen molar-refractivity contribution in [2.24, 2.45) is 5.92 Å². The highest BCUT2D eigenvalue weighted by molar-refractivity contribution is 9.10. The number of benzene rings is 1. The lowest BCUT2D eigenvalue weighted by atomic mass is 10.0. The summed E-state index contributed by atoms with van der Waals surface area (Å²) in [5, 5.41) is 11.2. The topological polar surface area (TPSA) is 66.4 Å². The molecule has 4 nitrogen and oxygen atoms in total. The zero-order valence-corrected chi connectivity index (χ0v) is 11.5. The highest BCUT2D eigenvalue weighted by Crippen LogP contribution is 2.16. The summed E-state index contributed by atoms with van der Waals surface area (Å²) in [6.07, 6.45) is 0. The highest BCUT2D eigenvalue weighted by Gasteiger charge is 2.25. The Labute approximate surface area is 112 Å². The summed E-state index contributed by atoms with van der Waals surface area (Å²) in [4.78, 5) is 22.7. The summed E-state index contributed by atoms with van der Waals surface area (Å²) in [5.74, 6) is -2.87. The first-order valence-corrected chi connectivity index (χ1v) is 6.11. The van der Waals surface area contributed by atoms with Crippen LogP contribution in [0.2, 0.25) is 0 Å². The maximum absolute atomic E-state index is 13.4. The van der Waals surface area contributed by atoms with Crippen molar-refractivity contribution in [3.8, 4) is 0 Å². The molecule has 0 saturated carbocycles. The molecular formula is C12H13BrFNO3. The van der Waals surface area contributed by atoms with E-state index in [2.05, 4.69) is 21.2 Å². The van der Waals surface area contributed by atoms with Gasteiger partial charge in [0.25, 0.3) is 5.91 Å². The molecule has 0 radical (unpaired) electrons. The average Bonchev–Trinajstić information content (AvgIpc) is 2.28. The van der Waals surface area contributed by atoms with E-state index in [4.69, 9.17) is 5.11 Å². The summed E-state index contributed by atoms with van der Waals surface area (Å²) in [6, 6.07) is 2.87. The van der Waals surface area contributed by atoms with Gasteiger partial charge in [-0.1, -0.05) is 29.8 Å². The molecule has 18 heavy (non-hydrogen) atoms. The Hall–Kier alpha value is -1.43. The van der Waals surface area contributed by atoms with Crippen LogP contribution in [-0.4, -0.2) is 23.0 Å². The molecule has 1 amide bonds. The van der Waals surface area contributed by atoms with Crippen molar-refractivity contribution in [1.82, 2.24) is 5.32 Å². The van der Waals surface area contributed by atoms with Gasteiger partial charge in [0.15, 0.2) is 0 Å². The highest BCUT2D eigenvalue weighted by atomic mass is 79.9. The molecule has 1 aromatic carbocycles. The molecule has 0 aliphatic carbocycles. The van der Waals surface area contributed by atoms with Gasteiger partial charge < -0.3 is 10.4 Å². The molecule has 6 heteroatoms. The first-order chi connectivity index (χ1) is 8.32. The standard InChI is InChI=1S/C12H13BrFNO3/c1-6(2)10(12(17)18)15-11(16)8-5-7(13)3-4-9(8)14/h3-6,10H,1-2H3,(H,15,16)(H,17,18)/t10-/m1/s1. The van der Waals surface area contributed by atoms with Crippen LogP contribution in [0.15, 0.2) is 22.7 Å². The Morgan fingerprint density at radius 2 is 2.00 bits per heavy atom. The van der Waals surface area contributed by atoms with Crippen LogP contribution < -0.4 is 5.32 Å². The molecule has 1 rings (SSSR count). The van der Waals surface area contributed by atoms with Crippen molar-refractivity contribution in [1.29, 1.82) is 0 Å². The lowest BCUT2D eigenvalue weighted by Gasteiger charge is -2.18. The second-order valence-electron chi connectivity index (χ2n) is 4.16. The molecule has 0 aromatic heterocycles. The Morgan fingerprint density at radius 1 is 1.39 bits per heavy atom. The summed E-state index contributed by atoms with van der Waals surface area (Å²) in [5.41, 5.74) is -0.184. The van der Waals surface area contributed by atoms with Gasteiger partial charge in [0.1, 0.15) is 11.9 Å². The summed E-state index contributed by atoms with van der Waals surface area (Å²) < 4.78 is 14.0. The molecule has 0 heterocycles. The molecule has 0 spiro atoms. The predicted molar refractivity (Wildman–Crippen MR) is 67.8 cm³/mol. The maximum Gasteiger partial charge on any atom is 0.326 e. The van der Waals surface area contributed by atoms with E-state index < -0.39 is 23.7 Å². The fraction of sp³-hybridized carbons (Fsp3) is 0.333. The van der Waals surface area contributed by atoms with Crippen molar-refractivity contribution in [2.45, 2.75) is 19.9 Å². The fourth-order valence-corrected chi connectivity index (χ4v) is 1.77. The molecular weight excluding hydrogens is 305 g/mol. The number of carboxylic acid groups (broad SMARTS) is 1. The van der Waals surface area contributed by atoms with Crippen LogP contribution in [0.4, 0.5) is 4.39 Å². The minimum Gasteiger partial charge on any atom is -0.480 e. The Bertz CT molecular complexity index is 476. The number of halogens is 2. The lowest BCUT2D eigenvalue weighted by molar-refractivity contribution is -0.140. The van der Waals surface area contributed by atoms with Gasteiger partial charge in [0.2, 0.25) is 0 Å². The number of carbonyl (C=O) groups excluding carboxylic acids is 1. The predicted octanol–water partition coefficient (Wildman–Crippen LogP) is 2.43. The van der Waals surface area contributed by atoms with E-state index in [1.165, 1.54) is 12.1 Å². The number of hydrogen-bond acceptors (Lipinski definition) is 2. The quantitative estimate of drug-likeness (QED) is 0.896. The van der Waals surface area contributed by atoms with E-state index in [0.29, 0.717) is 4.47 Å². The molecule has 1 aromatic rings. The van der Waals surface area contributed by atoms with Gasteiger partial charge in [-0.15, -0.1) is 0 Å². The van der Waals surface area contributed by atoms with Gasteiger partial charge in [0, 0.05) is 4.47 Å². The molecule has 2 N–H and O–H groups in total. The van der Waals surface area contributed by atoms with E-state index in [-0.39, 0.29) is 11.5 Å². The molecule has 0 saturated heterocycles. The number of carboxylic acids is 1. The number of hydrogen-bond donors (Lipinski definition) is 2. The average molecular weight is 318 g/mol. The zero-order valence-electron chi connectivity index (χ0n) is 9.91. The van der Waals surface area contributed by atoms with Crippen LogP contribution in [0.25, 0.3) is 0 Å². The molecule has 98 valence electrons. The summed E-state index contributed by atoms with van der Waals surface area (Å²) >= 11 is 3.13. The molecule has 0 bridgehead atoms. The first kappa shape index (κ1) is 14.6. The van der Waals surface area contributed by atoms with Gasteiger partial charge in [-0.05, 0) is 24.1 Å². The van der Waals surface area contributed by atoms with Crippen molar-refractivity contribution < 1.29 is 19.1 Å². The number of nitrogens with one attached hydrogen (secondary N) is 1. The first-order valence-electron chi connectivity index (χ1n) is 5.31. The molecule has 0 aliphatic heterocycles. The SMILES string of the molecule is CC(C)[C@@H](NC(=O)c1cc(Br)ccc1F)C(=O)O. The number of amides is 1. The van der Waals surface area contributed by atoms with Crippen LogP contribution in [-0.2, 0) is 4.79 Å². The number of carbonyl (C=O) groups is 2. The lowest BCUT2D eigenvalue weighted by Crippen LogP contribution is -2.44. The summed E-state index contributed by atoms with van der Waals surface area (Å²) in [7, 11) is 0. The maximum atomic E-state index is 13.4. The van der Waals surface area contributed by atoms with Crippen LogP contribution in [0.3, 0.4) is 0 Å². The molecule has 0 unspecified atom stereocenters. The number of rotatable bonds is 4. The largest absolute Gasteiger partial charge is 0.480 e. The van der Waals surface area contributed by atoms with E-state index >= 15 is 0 Å². The molecule has 1 atom stereocenters. The fourth-order valence-electron chi connectivity index (χ4n) is 1.40. The van der Waals surface area contributed by atoms with Crippen LogP contribution in [0.1, 0.15) is 24.2 Å². The Kier molecular flexibility index (Phi) is 4.84. The van der Waals surface area contributed by atoms with E-state index in [0.717, 1.165) is 6.07 Å². The normalized spacial score (nSPS) is 12.3. The minimum absolute atomic E-state index is 0.184. The van der Waals surface area contributed by atoms with Crippen molar-refractivity contribution in [3.05, 3.63) is 34.1 Å². The second kappa shape index (κ2) is 5.95. The van der Waals surface area contributed by atoms with Gasteiger partial charge >= 0.3 is 5.97 Å².